The Kier molecular flexibility index (Phi) is 29.9. The first-order valence-electron chi connectivity index (χ1n) is 6.36. The maximum Gasteiger partial charge on any atom is 0 e. The van der Waals surface area contributed by atoms with E-state index < -0.39 is 0 Å². The summed E-state index contributed by atoms with van der Waals surface area (Å²) in [4.78, 5) is 10.1. The number of hydrogen-bond acceptors (Lipinski definition) is 1. The second-order valence-electron chi connectivity index (χ2n) is 5.22. The molecule has 2 rings (SSSR count). The largest absolute Gasteiger partial charge is 0.443 e. The first-order valence-corrected chi connectivity index (χ1v) is 6.36. The average molecular weight is 575 g/mol. The van der Waals surface area contributed by atoms with E-state index in [1.54, 1.807) is 6.42 Å². The van der Waals surface area contributed by atoms with Crippen molar-refractivity contribution in [1.29, 1.82) is 0 Å². The zero-order valence-electron chi connectivity index (χ0n) is 13.0. The van der Waals surface area contributed by atoms with Crippen molar-refractivity contribution in [2.75, 3.05) is 0 Å². The summed E-state index contributed by atoms with van der Waals surface area (Å²) >= 11 is 0. The fraction of sp³-hybridized carbons (Fsp3) is 0.667. The monoisotopic (exact) mass is 575 g/mol. The van der Waals surface area contributed by atoms with Crippen molar-refractivity contribution in [2.24, 2.45) is 17.8 Å². The van der Waals surface area contributed by atoms with E-state index >= 15 is 0 Å². The van der Waals surface area contributed by atoms with Crippen LogP contribution in [0.15, 0.2) is 6.08 Å². The van der Waals surface area contributed by atoms with Crippen LogP contribution in [-0.4, -0.2) is 5.78 Å². The minimum absolute atomic E-state index is 0. The third-order valence-corrected chi connectivity index (χ3v) is 3.36. The van der Waals surface area contributed by atoms with Crippen LogP contribution in [0.25, 0.3) is 0 Å². The van der Waals surface area contributed by atoms with E-state index in [-0.39, 0.29) is 137 Å². The molecule has 0 heterocycles. The molecule has 1 saturated carbocycles. The van der Waals surface area contributed by atoms with E-state index in [0.29, 0.717) is 6.42 Å². The van der Waals surface area contributed by atoms with E-state index in [1.165, 1.54) is 25.3 Å². The van der Waals surface area contributed by atoms with Gasteiger partial charge in [0.1, 0.15) is 0 Å². The van der Waals surface area contributed by atoms with Gasteiger partial charge in [-0.1, -0.05) is 45.4 Å². The Morgan fingerprint density at radius 1 is 1.20 bits per heavy atom. The van der Waals surface area contributed by atoms with Crippen LogP contribution in [-0.2, 0) is 136 Å². The van der Waals surface area contributed by atoms with Crippen molar-refractivity contribution in [3.63, 3.8) is 0 Å². The summed E-state index contributed by atoms with van der Waals surface area (Å²) in [6, 6.07) is 0. The van der Waals surface area contributed by atoms with Gasteiger partial charge in [0.05, 0.1) is 0 Å². The van der Waals surface area contributed by atoms with Gasteiger partial charge in [-0.05, 0) is 0 Å². The zero-order valence-corrected chi connectivity index (χ0v) is 24.4. The molecule has 2 atom stereocenters. The van der Waals surface area contributed by atoms with E-state index in [0.717, 1.165) is 17.8 Å². The molecule has 0 amide bonds. The van der Waals surface area contributed by atoms with Crippen molar-refractivity contribution >= 4 is 5.78 Å². The molecule has 4 radical (unpaired) electrons. The number of allylic oxidation sites excluding steroid dienone is 2. The molecule has 0 aromatic carbocycles. The Labute approximate surface area is 226 Å². The van der Waals surface area contributed by atoms with Crippen molar-refractivity contribution in [3.8, 4) is 0 Å². The minimum atomic E-state index is 0. The molecule has 0 aliphatic heterocycles. The van der Waals surface area contributed by atoms with Gasteiger partial charge < -0.3 is 23.4 Å². The van der Waals surface area contributed by atoms with Crippen molar-refractivity contribution in [2.45, 2.75) is 46.5 Å². The van der Waals surface area contributed by atoms with E-state index in [2.05, 4.69) is 33.3 Å². The summed E-state index contributed by atoms with van der Waals surface area (Å²) in [5.74, 6) is 2.83. The van der Waals surface area contributed by atoms with Gasteiger partial charge in [0.15, 0.2) is 0 Å². The first-order chi connectivity index (χ1) is 7.59. The van der Waals surface area contributed by atoms with Gasteiger partial charge in [-0.15, -0.1) is 5.78 Å². The molecule has 0 aromatic heterocycles. The number of rotatable bonds is 1. The predicted molar refractivity (Wildman–Crippen MR) is 67.4 cm³/mol. The third-order valence-electron chi connectivity index (χ3n) is 3.36. The number of ketones is 1. The van der Waals surface area contributed by atoms with Crippen LogP contribution in [0.2, 0.25) is 0 Å². The SMILES string of the molecule is CC1C[CH-]C(C(C)C)CC1.O=C1C=[C-]C[CH-]1.[Y].[Y].[Y].[Y]. The molecule has 0 saturated heterocycles. The van der Waals surface area contributed by atoms with Crippen LogP contribution in [0.1, 0.15) is 46.5 Å². The fourth-order valence-electron chi connectivity index (χ4n) is 2.10. The Balaban J connectivity index is -0.000000114. The van der Waals surface area contributed by atoms with Gasteiger partial charge in [-0.2, -0.15) is 18.8 Å². The molecule has 0 bridgehead atoms. The molecule has 5 heteroatoms. The van der Waals surface area contributed by atoms with Gasteiger partial charge in [-0.25, -0.2) is 0 Å². The summed E-state index contributed by atoms with van der Waals surface area (Å²) < 4.78 is 0. The minimum Gasteiger partial charge on any atom is -0.443 e. The topological polar surface area (TPSA) is 17.1 Å². The Bertz CT molecular complexity index is 246. The molecular weight excluding hydrogens is 552 g/mol. The van der Waals surface area contributed by atoms with Gasteiger partial charge in [0.25, 0.3) is 0 Å². The molecular formula is C15H23OY4-3. The van der Waals surface area contributed by atoms with Crippen LogP contribution in [0.4, 0.5) is 0 Å². The van der Waals surface area contributed by atoms with Crippen LogP contribution in [0.3, 0.4) is 0 Å². The number of hydrogen-bond donors (Lipinski definition) is 0. The zero-order chi connectivity index (χ0) is 12.0. The summed E-state index contributed by atoms with van der Waals surface area (Å²) in [6.07, 6.45) is 13.3. The fourth-order valence-corrected chi connectivity index (χ4v) is 2.10. The molecule has 20 heavy (non-hydrogen) atoms. The van der Waals surface area contributed by atoms with Gasteiger partial charge >= 0.3 is 0 Å². The van der Waals surface area contributed by atoms with Crippen LogP contribution < -0.4 is 0 Å². The van der Waals surface area contributed by atoms with Crippen LogP contribution >= 0.6 is 0 Å². The summed E-state index contributed by atoms with van der Waals surface area (Å²) in [7, 11) is 0. The van der Waals surface area contributed by atoms with Crippen LogP contribution in [0, 0.1) is 36.7 Å². The molecule has 0 spiro atoms. The predicted octanol–water partition coefficient (Wildman–Crippen LogP) is 3.80. The van der Waals surface area contributed by atoms with Gasteiger partial charge in [-0.3, -0.25) is 6.42 Å². The average Bonchev–Trinajstić information content (AvgIpc) is 2.71. The van der Waals surface area contributed by atoms with E-state index in [9.17, 15) is 4.79 Å². The molecule has 2 unspecified atom stereocenters. The molecule has 2 aliphatic carbocycles. The van der Waals surface area contributed by atoms with Crippen LogP contribution in [0.5, 0.6) is 0 Å². The van der Waals surface area contributed by atoms with E-state index in [1.807, 2.05) is 0 Å². The standard InChI is InChI=1S/C10H19.C5H4O.4Y/c1-8(2)10-6-4-9(3)5-7-10;6-5-3-1-2-4-5;;;;/h6,8-10H,4-5,7H2,1-3H3;3-4H,1H2;;;;/q-1;-2;;;;. The molecule has 104 valence electrons. The van der Waals surface area contributed by atoms with E-state index in [4.69, 9.17) is 0 Å². The number of carbonyl (C=O) groups is 1. The molecule has 1 nitrogen and oxygen atoms in total. The second-order valence-corrected chi connectivity index (χ2v) is 5.22. The number of carbonyl (C=O) groups excluding carboxylic acids is 1. The first kappa shape index (κ1) is 31.5. The Hall–Kier alpha value is 3.70. The molecule has 0 N–H and O–H groups in total. The Morgan fingerprint density at radius 3 is 2.05 bits per heavy atom. The normalized spacial score (nSPS) is 22.9. The maximum atomic E-state index is 10.1. The molecule has 2 aliphatic rings. The summed E-state index contributed by atoms with van der Waals surface area (Å²) in [5.41, 5.74) is 0. The summed E-state index contributed by atoms with van der Waals surface area (Å²) in [6.45, 7) is 7.02. The van der Waals surface area contributed by atoms with Crippen molar-refractivity contribution in [1.82, 2.24) is 0 Å². The van der Waals surface area contributed by atoms with Crippen molar-refractivity contribution in [3.05, 3.63) is 25.0 Å². The second kappa shape index (κ2) is 19.0. The van der Waals surface area contributed by atoms with Gasteiger partial charge in [0.2, 0.25) is 0 Å². The van der Waals surface area contributed by atoms with Crippen molar-refractivity contribution < 1.29 is 136 Å². The maximum absolute atomic E-state index is 10.1. The third kappa shape index (κ3) is 15.2. The van der Waals surface area contributed by atoms with Gasteiger partial charge in [0, 0.05) is 131 Å². The Morgan fingerprint density at radius 2 is 1.80 bits per heavy atom. The summed E-state index contributed by atoms with van der Waals surface area (Å²) in [5, 5.41) is 0. The molecule has 1 fully saturated rings. The molecule has 0 aromatic rings. The smallest absolute Gasteiger partial charge is 0 e. The quantitative estimate of drug-likeness (QED) is 0.436.